The molecule has 0 aromatic heterocycles. The van der Waals surface area contributed by atoms with Crippen LogP contribution in [0.1, 0.15) is 113 Å². The summed E-state index contributed by atoms with van der Waals surface area (Å²) in [6, 6.07) is 0. The fourth-order valence-electron chi connectivity index (χ4n) is 19.3. The molecule has 96 heavy (non-hydrogen) atoms. The Morgan fingerprint density at radius 3 is 1.61 bits per heavy atom. The molecule has 11 aliphatic rings. The van der Waals surface area contributed by atoms with Gasteiger partial charge in [-0.1, -0.05) is 60.1 Å². The third-order valence-electron chi connectivity index (χ3n) is 25.6. The van der Waals surface area contributed by atoms with Crippen molar-refractivity contribution < 1.29 is 154 Å². The van der Waals surface area contributed by atoms with Crippen molar-refractivity contribution in [2.24, 2.45) is 56.7 Å². The Hall–Kier alpha value is -1.95. The summed E-state index contributed by atoms with van der Waals surface area (Å²) in [7, 11) is 0. The summed E-state index contributed by atoms with van der Waals surface area (Å²) in [5.74, 6) is -0.590. The van der Waals surface area contributed by atoms with Gasteiger partial charge in [-0.15, -0.1) is 0 Å². The lowest BCUT2D eigenvalue weighted by Crippen LogP contribution is -2.67. The van der Waals surface area contributed by atoms with E-state index in [-0.39, 0.29) is 47.0 Å². The summed E-state index contributed by atoms with van der Waals surface area (Å²) in [5.41, 5.74) is -1.50. The number of ether oxygens (including phenoxy) is 12. The van der Waals surface area contributed by atoms with E-state index in [9.17, 15) is 91.9 Å². The van der Waals surface area contributed by atoms with E-state index in [1.807, 2.05) is 0 Å². The molecular formula is C65H106O31. The smallest absolute Gasteiger partial charge is 0.315 e. The molecule has 11 rings (SSSR count). The molecule has 6 heterocycles. The maximum Gasteiger partial charge on any atom is 0.315 e. The van der Waals surface area contributed by atoms with Crippen LogP contribution in [0.25, 0.3) is 0 Å². The molecular weight excluding hydrogens is 1280 g/mol. The van der Waals surface area contributed by atoms with E-state index in [1.54, 1.807) is 0 Å². The van der Waals surface area contributed by atoms with Gasteiger partial charge in [-0.25, -0.2) is 0 Å². The minimum atomic E-state index is -1.95. The molecule has 5 aliphatic carbocycles. The predicted octanol–water partition coefficient (Wildman–Crippen LogP) is -4.86. The molecule has 0 aromatic carbocycles. The first-order valence-electron chi connectivity index (χ1n) is 34.2. The van der Waals surface area contributed by atoms with Crippen LogP contribution in [-0.4, -0.2) is 315 Å². The number of aliphatic hydroxyl groups is 18. The van der Waals surface area contributed by atoms with E-state index in [0.717, 1.165) is 12.8 Å². The Balaban J connectivity index is 0.788. The number of carbonyl (C=O) groups is 1. The van der Waals surface area contributed by atoms with Gasteiger partial charge in [0, 0.05) is 0 Å². The lowest BCUT2D eigenvalue weighted by molar-refractivity contribution is -0.388. The Morgan fingerprint density at radius 2 is 1.01 bits per heavy atom. The number of allylic oxidation sites excluding steroid dienone is 2. The second-order valence-corrected chi connectivity index (χ2v) is 30.9. The second kappa shape index (κ2) is 28.6. The second-order valence-electron chi connectivity index (χ2n) is 30.9. The number of esters is 1. The number of aliphatic hydroxyl groups excluding tert-OH is 18. The zero-order valence-electron chi connectivity index (χ0n) is 55.5. The van der Waals surface area contributed by atoms with Gasteiger partial charge in [0.2, 0.25) is 6.29 Å². The first-order valence-corrected chi connectivity index (χ1v) is 34.2. The summed E-state index contributed by atoms with van der Waals surface area (Å²) in [6.07, 6.45) is -41.0. The summed E-state index contributed by atoms with van der Waals surface area (Å²) < 4.78 is 72.3. The molecule has 31 heteroatoms. The predicted molar refractivity (Wildman–Crippen MR) is 321 cm³/mol. The Kier molecular flexibility index (Phi) is 22.4. The first kappa shape index (κ1) is 75.2. The van der Waals surface area contributed by atoms with Gasteiger partial charge in [0.1, 0.15) is 134 Å². The third-order valence-corrected chi connectivity index (χ3v) is 25.6. The van der Waals surface area contributed by atoms with Crippen LogP contribution in [0.15, 0.2) is 11.6 Å². The average Bonchev–Trinajstić information content (AvgIpc) is 0.676. The Morgan fingerprint density at radius 1 is 0.490 bits per heavy atom. The molecule has 0 unspecified atom stereocenters. The first-order chi connectivity index (χ1) is 45.1. The lowest BCUT2D eigenvalue weighted by atomic mass is 9.33. The van der Waals surface area contributed by atoms with Crippen LogP contribution in [0.4, 0.5) is 0 Å². The van der Waals surface area contributed by atoms with Gasteiger partial charge in [-0.3, -0.25) is 4.79 Å². The van der Waals surface area contributed by atoms with Crippen LogP contribution < -0.4 is 0 Å². The molecule has 18 N–H and O–H groups in total. The fourth-order valence-corrected chi connectivity index (χ4v) is 19.3. The SMILES string of the molecule is C[C@H]1[C@H](C)CC[C@]2(C(=O)O[C@@H]3O[C@H](CO[C@@H]4O[C@H](CO)[C@@H](O[C@@H]5O[C@H](CO)[C@@H](O)[C@H](O)[C@H]5O)[C@H](O)[C@H]4O)[C@@H](O)[C@H](O)[C@H]3O)CC[C@]3(C)C(=CC[C@@H]4[C@@]5(C)CC[C@H](O[C@@H]6OC[C@H](O)[C@H](O[C@@H]7O[C@H](CO)[C@@H](O)[C@H](O)[C@H]7O)[C@H]6O[C@@H]6O[C@@H](C)[C@H](O)[C@@H](O)[C@H]6O)C(C)(C)[C@@H]5CC[C@]43C)[C@H]12. The monoisotopic (exact) mass is 1380 g/mol. The van der Waals surface area contributed by atoms with Gasteiger partial charge in [0.25, 0.3) is 0 Å². The largest absolute Gasteiger partial charge is 0.432 e. The Labute approximate surface area is 556 Å². The van der Waals surface area contributed by atoms with E-state index >= 15 is 4.79 Å². The lowest BCUT2D eigenvalue weighted by Gasteiger charge is -2.71. The average molecular weight is 1380 g/mol. The van der Waals surface area contributed by atoms with Crippen molar-refractivity contribution in [2.75, 3.05) is 33.0 Å². The molecule has 0 spiro atoms. The summed E-state index contributed by atoms with van der Waals surface area (Å²) in [6.45, 7) is 13.7. The van der Waals surface area contributed by atoms with E-state index in [4.69, 9.17) is 56.8 Å². The molecule has 552 valence electrons. The molecule has 0 radical (unpaired) electrons. The fraction of sp³-hybridized carbons (Fsp3) is 0.954. The highest BCUT2D eigenvalue weighted by Crippen LogP contribution is 2.76. The van der Waals surface area contributed by atoms with E-state index in [1.165, 1.54) is 12.5 Å². The number of hydrogen-bond acceptors (Lipinski definition) is 31. The van der Waals surface area contributed by atoms with Crippen molar-refractivity contribution in [1.82, 2.24) is 0 Å². The minimum absolute atomic E-state index is 0.0186. The number of rotatable bonds is 16. The van der Waals surface area contributed by atoms with Crippen molar-refractivity contribution >= 4 is 5.97 Å². The van der Waals surface area contributed by atoms with E-state index in [0.29, 0.717) is 44.9 Å². The molecule has 10 fully saturated rings. The molecule has 0 bridgehead atoms. The van der Waals surface area contributed by atoms with Crippen LogP contribution in [-0.2, 0) is 61.6 Å². The molecule has 31 nitrogen and oxygen atoms in total. The quantitative estimate of drug-likeness (QED) is 0.0391. The highest BCUT2D eigenvalue weighted by molar-refractivity contribution is 5.79. The van der Waals surface area contributed by atoms with Gasteiger partial charge < -0.3 is 149 Å². The van der Waals surface area contributed by atoms with Crippen LogP contribution in [0.2, 0.25) is 0 Å². The van der Waals surface area contributed by atoms with Crippen molar-refractivity contribution in [3.05, 3.63) is 11.6 Å². The molecule has 0 amide bonds. The topological polar surface area (TPSA) is 492 Å². The summed E-state index contributed by atoms with van der Waals surface area (Å²) >= 11 is 0. The van der Waals surface area contributed by atoms with Crippen LogP contribution >= 0.6 is 0 Å². The van der Waals surface area contributed by atoms with Crippen molar-refractivity contribution in [3.8, 4) is 0 Å². The standard InChI is InChI=1S/C65H106O31/c1-24-11-16-65(60(84)96-58-49(82)44(77)40(73)32(91-58)23-86-54-50(83)45(78)52(31(21-68)90-54)94-57-48(81)43(76)39(72)30(20-67)89-57)18-17-63(7)27(36(65)25(24)2)9-10-34-62(6)14-13-35(61(4,5)33(62)12-15-64(34,63)8)92-59-53(95-55-46(79)41(74)37(70)26(3)87-55)51(28(69)22-85-59)93-56-47(80)42(75)38(71)29(19-66)88-56/h9,24-26,28-59,66-83H,10-23H2,1-8H3/t24-,25+,26+,28+,29-,30-,31-,32-,33+,34-,35+,36+,37+,38-,39-,40-,41-,42+,43+,44+,45-,46-,47-,48-,49-,50-,51+,52-,53-,54-,55+,56+,57+,58+,59+,62+,63-,64-,65+/m1/s1. The van der Waals surface area contributed by atoms with E-state index in [2.05, 4.69) is 54.5 Å². The van der Waals surface area contributed by atoms with Crippen LogP contribution in [0.3, 0.4) is 0 Å². The van der Waals surface area contributed by atoms with Gasteiger partial charge in [-0.05, 0) is 116 Å². The molecule has 4 saturated carbocycles. The van der Waals surface area contributed by atoms with E-state index < -0.39 is 233 Å². The maximum absolute atomic E-state index is 15.4. The van der Waals surface area contributed by atoms with Crippen LogP contribution in [0.5, 0.6) is 0 Å². The molecule has 0 aromatic rings. The Bertz CT molecular complexity index is 2680. The number of fused-ring (bicyclic) bond motifs is 7. The van der Waals surface area contributed by atoms with Gasteiger partial charge >= 0.3 is 5.97 Å². The third kappa shape index (κ3) is 12.7. The van der Waals surface area contributed by atoms with Crippen molar-refractivity contribution in [2.45, 2.75) is 297 Å². The number of hydrogen-bond donors (Lipinski definition) is 18. The normalized spacial score (nSPS) is 55.1. The molecule has 6 aliphatic heterocycles. The zero-order chi connectivity index (χ0) is 70.0. The maximum atomic E-state index is 15.4. The summed E-state index contributed by atoms with van der Waals surface area (Å²) in [4.78, 5) is 15.4. The van der Waals surface area contributed by atoms with Gasteiger partial charge in [0.05, 0.1) is 50.7 Å². The minimum Gasteiger partial charge on any atom is -0.432 e. The van der Waals surface area contributed by atoms with Crippen molar-refractivity contribution in [3.63, 3.8) is 0 Å². The highest BCUT2D eigenvalue weighted by Gasteiger charge is 2.71. The van der Waals surface area contributed by atoms with Crippen LogP contribution in [0, 0.1) is 56.7 Å². The zero-order valence-corrected chi connectivity index (χ0v) is 55.5. The highest BCUT2D eigenvalue weighted by atomic mass is 16.8. The van der Waals surface area contributed by atoms with Gasteiger partial charge in [-0.2, -0.15) is 0 Å². The van der Waals surface area contributed by atoms with Crippen molar-refractivity contribution in [1.29, 1.82) is 0 Å². The molecule has 39 atom stereocenters. The number of carbonyl (C=O) groups excluding carboxylic acids is 1. The summed E-state index contributed by atoms with van der Waals surface area (Å²) in [5, 5.41) is 194. The van der Waals surface area contributed by atoms with Gasteiger partial charge in [0.15, 0.2) is 31.5 Å². The molecule has 6 saturated heterocycles.